The first-order chi connectivity index (χ1) is 16.7. The summed E-state index contributed by atoms with van der Waals surface area (Å²) in [4.78, 5) is 7.68. The molecule has 0 aliphatic carbocycles. The molecule has 2 rings (SSSR count). The van der Waals surface area contributed by atoms with Crippen molar-refractivity contribution in [3.8, 4) is 5.75 Å². The van der Waals surface area contributed by atoms with Gasteiger partial charge in [0, 0.05) is 17.6 Å². The van der Waals surface area contributed by atoms with Crippen molar-refractivity contribution in [2.45, 2.75) is 32.8 Å². The third kappa shape index (κ3) is 11.0. The second-order valence-electron chi connectivity index (χ2n) is 7.05. The number of ether oxygens (including phenoxy) is 2. The fourth-order valence-corrected chi connectivity index (χ4v) is 2.60. The molecule has 0 N–H and O–H groups in total. The lowest BCUT2D eigenvalue weighted by molar-refractivity contribution is -0.274. The Bertz CT molecular complexity index is 1090. The quantitative estimate of drug-likeness (QED) is 0.213. The van der Waals surface area contributed by atoms with Gasteiger partial charge in [0.1, 0.15) is 11.5 Å². The maximum atomic E-state index is 12.7. The number of hydrogen-bond donors (Lipinski definition) is 0. The van der Waals surface area contributed by atoms with Gasteiger partial charge in [-0.25, -0.2) is 4.99 Å². The summed E-state index contributed by atoms with van der Waals surface area (Å²) in [5, 5.41) is 0.812. The SMILES string of the molecule is C=C(N=C(OC)C(/C=C(\C)C(F)(F)F)=NC)c1ccc(OC(F)(F)F)cc1.CCc1ccc(Cl)cc1. The smallest absolute Gasteiger partial charge is 0.479 e. The van der Waals surface area contributed by atoms with Gasteiger partial charge in [-0.15, -0.1) is 13.2 Å². The molecule has 0 spiro atoms. The van der Waals surface area contributed by atoms with Crippen LogP contribution in [0.5, 0.6) is 5.75 Å². The van der Waals surface area contributed by atoms with E-state index in [1.54, 1.807) is 0 Å². The average molecular weight is 535 g/mol. The topological polar surface area (TPSA) is 43.2 Å². The lowest BCUT2D eigenvalue weighted by Crippen LogP contribution is -2.18. The molecule has 2 aromatic carbocycles. The largest absolute Gasteiger partial charge is 0.573 e. The molecule has 196 valence electrons. The molecule has 36 heavy (non-hydrogen) atoms. The van der Waals surface area contributed by atoms with Gasteiger partial charge in [-0.1, -0.05) is 37.2 Å². The summed E-state index contributed by atoms with van der Waals surface area (Å²) in [6.45, 7) is 6.63. The minimum absolute atomic E-state index is 0.0459. The summed E-state index contributed by atoms with van der Waals surface area (Å²) in [6.07, 6.45) is -7.53. The monoisotopic (exact) mass is 534 g/mol. The van der Waals surface area contributed by atoms with Crippen molar-refractivity contribution in [3.05, 3.63) is 82.9 Å². The van der Waals surface area contributed by atoms with Gasteiger partial charge in [-0.3, -0.25) is 4.99 Å². The number of nitrogens with zero attached hydrogens (tertiary/aromatic N) is 2. The molecule has 0 aliphatic rings. The third-order valence-electron chi connectivity index (χ3n) is 4.43. The third-order valence-corrected chi connectivity index (χ3v) is 4.68. The number of aryl methyl sites for hydroxylation is 1. The first-order valence-electron chi connectivity index (χ1n) is 10.3. The Morgan fingerprint density at radius 1 is 1.00 bits per heavy atom. The van der Waals surface area contributed by atoms with Gasteiger partial charge in [0.15, 0.2) is 0 Å². The number of aliphatic imine (C=N–C) groups is 2. The first kappa shape index (κ1) is 30.8. The highest BCUT2D eigenvalue weighted by Crippen LogP contribution is 2.26. The zero-order valence-electron chi connectivity index (χ0n) is 20.0. The molecule has 0 radical (unpaired) electrons. The van der Waals surface area contributed by atoms with E-state index in [1.807, 2.05) is 24.3 Å². The van der Waals surface area contributed by atoms with E-state index >= 15 is 0 Å². The molecular formula is C25H25ClF6N2O2. The van der Waals surface area contributed by atoms with Crippen LogP contribution in [0.25, 0.3) is 5.70 Å². The van der Waals surface area contributed by atoms with Gasteiger partial charge in [-0.05, 0) is 66.9 Å². The minimum atomic E-state index is -4.82. The second-order valence-corrected chi connectivity index (χ2v) is 7.49. The fraction of sp³-hybridized carbons (Fsp3) is 0.280. The maximum Gasteiger partial charge on any atom is 0.573 e. The highest BCUT2D eigenvalue weighted by atomic mass is 35.5. The first-order valence-corrected chi connectivity index (χ1v) is 10.7. The number of benzene rings is 2. The molecule has 0 unspecified atom stereocenters. The molecule has 0 saturated heterocycles. The minimum Gasteiger partial charge on any atom is -0.479 e. The fourth-order valence-electron chi connectivity index (χ4n) is 2.47. The zero-order chi connectivity index (χ0) is 27.5. The van der Waals surface area contributed by atoms with Crippen molar-refractivity contribution >= 4 is 28.9 Å². The van der Waals surface area contributed by atoms with E-state index in [9.17, 15) is 26.3 Å². The molecule has 4 nitrogen and oxygen atoms in total. The Morgan fingerprint density at radius 3 is 1.97 bits per heavy atom. The Kier molecular flexibility index (Phi) is 11.7. The lowest BCUT2D eigenvalue weighted by Gasteiger charge is -2.11. The Balaban J connectivity index is 0.000000600. The predicted octanol–water partition coefficient (Wildman–Crippen LogP) is 8.08. The van der Waals surface area contributed by atoms with Crippen molar-refractivity contribution < 1.29 is 35.8 Å². The van der Waals surface area contributed by atoms with Crippen LogP contribution in [0.4, 0.5) is 26.3 Å². The summed E-state index contributed by atoms with van der Waals surface area (Å²) >= 11 is 5.67. The summed E-state index contributed by atoms with van der Waals surface area (Å²) < 4.78 is 83.2. The van der Waals surface area contributed by atoms with Crippen molar-refractivity contribution in [1.82, 2.24) is 0 Å². The molecule has 2 aromatic rings. The zero-order valence-corrected chi connectivity index (χ0v) is 20.7. The molecule has 0 amide bonds. The summed E-state index contributed by atoms with van der Waals surface area (Å²) in [6, 6.07) is 12.6. The van der Waals surface area contributed by atoms with Crippen molar-refractivity contribution in [1.29, 1.82) is 0 Å². The van der Waals surface area contributed by atoms with Gasteiger partial charge >= 0.3 is 12.5 Å². The Hall–Kier alpha value is -3.27. The number of hydrogen-bond acceptors (Lipinski definition) is 4. The van der Waals surface area contributed by atoms with Crippen LogP contribution in [-0.4, -0.2) is 38.3 Å². The summed E-state index contributed by atoms with van der Waals surface area (Å²) in [5.74, 6) is -0.670. The van der Waals surface area contributed by atoms with E-state index < -0.39 is 23.9 Å². The molecule has 0 aromatic heterocycles. The van der Waals surface area contributed by atoms with E-state index in [2.05, 4.69) is 28.2 Å². The van der Waals surface area contributed by atoms with Crippen LogP contribution in [0.1, 0.15) is 25.0 Å². The van der Waals surface area contributed by atoms with E-state index in [-0.39, 0.29) is 17.3 Å². The van der Waals surface area contributed by atoms with Crippen LogP contribution in [0.15, 0.2) is 76.7 Å². The molecule has 0 atom stereocenters. The van der Waals surface area contributed by atoms with Crippen molar-refractivity contribution in [2.75, 3.05) is 14.2 Å². The van der Waals surface area contributed by atoms with Gasteiger partial charge in [0.2, 0.25) is 5.90 Å². The molecule has 0 fully saturated rings. The molecular weight excluding hydrogens is 510 g/mol. The molecule has 0 heterocycles. The van der Waals surface area contributed by atoms with Gasteiger partial charge in [0.25, 0.3) is 0 Å². The van der Waals surface area contributed by atoms with E-state index in [0.29, 0.717) is 5.56 Å². The van der Waals surface area contributed by atoms with Gasteiger partial charge < -0.3 is 9.47 Å². The Morgan fingerprint density at radius 2 is 1.56 bits per heavy atom. The molecule has 11 heteroatoms. The highest BCUT2D eigenvalue weighted by molar-refractivity contribution is 6.44. The van der Waals surface area contributed by atoms with E-state index in [4.69, 9.17) is 16.3 Å². The van der Waals surface area contributed by atoms with E-state index in [0.717, 1.165) is 36.6 Å². The second kappa shape index (κ2) is 13.7. The van der Waals surface area contributed by atoms with Crippen LogP contribution < -0.4 is 4.74 Å². The standard InChI is InChI=1S/C17H16F6N2O2.C8H9Cl/c1-10(16(18,19)20)9-14(24-3)15(26-4)25-11(2)12-5-7-13(8-6-12)27-17(21,22)23;1-2-7-3-5-8(9)6-4-7/h5-9H,2H2,1,3-4H3;3-6H,2H2,1H3/b10-9+,24-14?,25-15?;. The molecule has 0 bridgehead atoms. The summed E-state index contributed by atoms with van der Waals surface area (Å²) in [7, 11) is 2.45. The van der Waals surface area contributed by atoms with Gasteiger partial charge in [-0.2, -0.15) is 13.2 Å². The average Bonchev–Trinajstić information content (AvgIpc) is 2.80. The number of rotatable bonds is 6. The normalized spacial score (nSPS) is 13.0. The van der Waals surface area contributed by atoms with Crippen molar-refractivity contribution in [2.24, 2.45) is 9.98 Å². The van der Waals surface area contributed by atoms with Crippen molar-refractivity contribution in [3.63, 3.8) is 0 Å². The Labute approximate surface area is 210 Å². The number of halogens is 7. The molecule has 0 saturated carbocycles. The lowest BCUT2D eigenvalue weighted by atomic mass is 10.1. The van der Waals surface area contributed by atoms with Crippen LogP contribution in [0, 0.1) is 0 Å². The number of alkyl halides is 6. The number of methoxy groups -OCH3 is 1. The van der Waals surface area contributed by atoms with E-state index in [1.165, 1.54) is 31.9 Å². The molecule has 0 aliphatic heterocycles. The van der Waals surface area contributed by atoms with Crippen LogP contribution in [0.3, 0.4) is 0 Å². The highest BCUT2D eigenvalue weighted by Gasteiger charge is 2.31. The van der Waals surface area contributed by atoms with Crippen LogP contribution >= 0.6 is 11.6 Å². The predicted molar refractivity (Wildman–Crippen MR) is 131 cm³/mol. The van der Waals surface area contributed by atoms with Crippen LogP contribution in [0.2, 0.25) is 5.02 Å². The number of allylic oxidation sites excluding steroid dienone is 1. The maximum absolute atomic E-state index is 12.7. The van der Waals surface area contributed by atoms with Gasteiger partial charge in [0.05, 0.1) is 12.8 Å². The van der Waals surface area contributed by atoms with Crippen LogP contribution in [-0.2, 0) is 11.2 Å². The summed E-state index contributed by atoms with van der Waals surface area (Å²) in [5.41, 5.74) is 0.604.